The standard InChI is InChI=1S/C22H22N4O2/c1-15-7-3-8-16(2)20(15)24-19(27)11-6-14-26-21-17(9-4-12-23-21)25-13-5-10-18(25)22(26)28/h3-5,7-10,12-13H,6,11,14H2,1-2H3,(H,24,27). The Morgan fingerprint density at radius 1 is 1.04 bits per heavy atom. The van der Waals surface area contributed by atoms with Crippen LogP contribution in [0.25, 0.3) is 16.7 Å². The summed E-state index contributed by atoms with van der Waals surface area (Å²) in [5.74, 6) is -0.0496. The Hall–Kier alpha value is -3.41. The van der Waals surface area contributed by atoms with Gasteiger partial charge in [0.15, 0.2) is 5.65 Å². The molecule has 0 radical (unpaired) electrons. The molecule has 0 atom stereocenters. The molecule has 1 amide bonds. The highest BCUT2D eigenvalue weighted by molar-refractivity contribution is 5.92. The van der Waals surface area contributed by atoms with E-state index in [1.165, 1.54) is 0 Å². The highest BCUT2D eigenvalue weighted by atomic mass is 16.1. The molecule has 0 saturated carbocycles. The smallest absolute Gasteiger partial charge is 0.276 e. The van der Waals surface area contributed by atoms with Crippen molar-refractivity contribution in [1.29, 1.82) is 0 Å². The fraction of sp³-hybridized carbons (Fsp3) is 0.227. The van der Waals surface area contributed by atoms with E-state index in [-0.39, 0.29) is 11.5 Å². The number of pyridine rings is 1. The number of amides is 1. The Morgan fingerprint density at radius 3 is 2.57 bits per heavy atom. The first-order chi connectivity index (χ1) is 13.6. The number of carbonyl (C=O) groups is 1. The van der Waals surface area contributed by atoms with E-state index in [1.807, 2.05) is 60.8 Å². The van der Waals surface area contributed by atoms with Crippen LogP contribution >= 0.6 is 0 Å². The quantitative estimate of drug-likeness (QED) is 0.579. The molecule has 0 bridgehead atoms. The normalized spacial score (nSPS) is 11.2. The summed E-state index contributed by atoms with van der Waals surface area (Å²) in [5, 5.41) is 3.00. The zero-order valence-electron chi connectivity index (χ0n) is 16.0. The molecule has 3 aromatic heterocycles. The van der Waals surface area contributed by atoms with E-state index < -0.39 is 0 Å². The zero-order valence-corrected chi connectivity index (χ0v) is 16.0. The molecule has 4 rings (SSSR count). The van der Waals surface area contributed by atoms with Crippen LogP contribution in [0.1, 0.15) is 24.0 Å². The average Bonchev–Trinajstić information content (AvgIpc) is 3.18. The predicted molar refractivity (Wildman–Crippen MR) is 111 cm³/mol. The Kier molecular flexibility index (Phi) is 4.69. The maximum atomic E-state index is 12.9. The van der Waals surface area contributed by atoms with Crippen LogP contribution in [0, 0.1) is 13.8 Å². The van der Waals surface area contributed by atoms with Gasteiger partial charge in [0.2, 0.25) is 5.91 Å². The molecular weight excluding hydrogens is 352 g/mol. The van der Waals surface area contributed by atoms with Crippen molar-refractivity contribution in [3.8, 4) is 0 Å². The third-order valence-electron chi connectivity index (χ3n) is 5.03. The first-order valence-electron chi connectivity index (χ1n) is 9.37. The summed E-state index contributed by atoms with van der Waals surface area (Å²) in [4.78, 5) is 29.7. The van der Waals surface area contributed by atoms with E-state index in [2.05, 4.69) is 10.3 Å². The van der Waals surface area contributed by atoms with Gasteiger partial charge in [0.25, 0.3) is 5.56 Å². The van der Waals surface area contributed by atoms with Gasteiger partial charge in [-0.3, -0.25) is 14.2 Å². The maximum Gasteiger partial charge on any atom is 0.276 e. The predicted octanol–water partition coefficient (Wildman–Crippen LogP) is 3.68. The second-order valence-corrected chi connectivity index (χ2v) is 6.98. The number of para-hydroxylation sites is 1. The van der Waals surface area contributed by atoms with Crippen LogP contribution < -0.4 is 10.9 Å². The van der Waals surface area contributed by atoms with Crippen molar-refractivity contribution in [2.75, 3.05) is 5.32 Å². The van der Waals surface area contributed by atoms with Crippen molar-refractivity contribution in [3.05, 3.63) is 76.3 Å². The number of aryl methyl sites for hydroxylation is 3. The number of anilines is 1. The molecule has 0 unspecified atom stereocenters. The van der Waals surface area contributed by atoms with E-state index in [0.717, 1.165) is 22.3 Å². The average molecular weight is 374 g/mol. The van der Waals surface area contributed by atoms with E-state index in [0.29, 0.717) is 30.6 Å². The van der Waals surface area contributed by atoms with Gasteiger partial charge >= 0.3 is 0 Å². The zero-order chi connectivity index (χ0) is 19.7. The number of nitrogens with one attached hydrogen (secondary N) is 1. The van der Waals surface area contributed by atoms with Crippen LogP contribution in [0.5, 0.6) is 0 Å². The molecular formula is C22H22N4O2. The van der Waals surface area contributed by atoms with E-state index in [4.69, 9.17) is 0 Å². The van der Waals surface area contributed by atoms with E-state index in [9.17, 15) is 9.59 Å². The molecule has 3 heterocycles. The Labute approximate surface area is 162 Å². The Bertz CT molecular complexity index is 1220. The number of carbonyl (C=O) groups excluding carboxylic acids is 1. The number of hydrogen-bond donors (Lipinski definition) is 1. The number of hydrogen-bond acceptors (Lipinski definition) is 3. The molecule has 1 N–H and O–H groups in total. The van der Waals surface area contributed by atoms with Crippen molar-refractivity contribution in [1.82, 2.24) is 14.0 Å². The molecule has 4 aromatic rings. The SMILES string of the molecule is Cc1cccc(C)c1NC(=O)CCCn1c(=O)c2cccn2c2cccnc21. The topological polar surface area (TPSA) is 68.4 Å². The minimum atomic E-state index is -0.0913. The summed E-state index contributed by atoms with van der Waals surface area (Å²) in [6.45, 7) is 4.40. The molecule has 0 aliphatic heterocycles. The number of fused-ring (bicyclic) bond motifs is 3. The van der Waals surface area contributed by atoms with Gasteiger partial charge in [-0.25, -0.2) is 4.98 Å². The van der Waals surface area contributed by atoms with Gasteiger partial charge in [0.05, 0.1) is 5.52 Å². The van der Waals surface area contributed by atoms with Crippen LogP contribution in [0.15, 0.2) is 59.7 Å². The van der Waals surface area contributed by atoms with Crippen molar-refractivity contribution < 1.29 is 4.79 Å². The molecule has 6 nitrogen and oxygen atoms in total. The minimum Gasteiger partial charge on any atom is -0.326 e. The van der Waals surface area contributed by atoms with Crippen molar-refractivity contribution >= 4 is 28.3 Å². The summed E-state index contributed by atoms with van der Waals surface area (Å²) in [5.41, 5.74) is 4.98. The van der Waals surface area contributed by atoms with Crippen molar-refractivity contribution in [3.63, 3.8) is 0 Å². The summed E-state index contributed by atoms with van der Waals surface area (Å²) in [6.07, 6.45) is 4.43. The molecule has 142 valence electrons. The second-order valence-electron chi connectivity index (χ2n) is 6.98. The second kappa shape index (κ2) is 7.31. The van der Waals surface area contributed by atoms with Gasteiger partial charge in [-0.15, -0.1) is 0 Å². The minimum absolute atomic E-state index is 0.0496. The first kappa shape index (κ1) is 18.0. The van der Waals surface area contributed by atoms with E-state index >= 15 is 0 Å². The molecule has 0 spiro atoms. The van der Waals surface area contributed by atoms with E-state index in [1.54, 1.807) is 16.8 Å². The van der Waals surface area contributed by atoms with Crippen LogP contribution in [0.4, 0.5) is 5.69 Å². The van der Waals surface area contributed by atoms with Crippen LogP contribution in [0.2, 0.25) is 0 Å². The molecule has 0 fully saturated rings. The largest absolute Gasteiger partial charge is 0.326 e. The van der Waals surface area contributed by atoms with Gasteiger partial charge in [-0.2, -0.15) is 0 Å². The fourth-order valence-corrected chi connectivity index (χ4v) is 3.60. The van der Waals surface area contributed by atoms with Crippen LogP contribution in [-0.4, -0.2) is 19.9 Å². The molecule has 6 heteroatoms. The Morgan fingerprint density at radius 2 is 1.79 bits per heavy atom. The van der Waals surface area contributed by atoms with Crippen LogP contribution in [0.3, 0.4) is 0 Å². The fourth-order valence-electron chi connectivity index (χ4n) is 3.60. The third kappa shape index (κ3) is 3.17. The molecule has 1 aromatic carbocycles. The van der Waals surface area contributed by atoms with Crippen LogP contribution in [-0.2, 0) is 11.3 Å². The summed E-state index contributed by atoms with van der Waals surface area (Å²) in [7, 11) is 0. The van der Waals surface area contributed by atoms with Gasteiger partial charge < -0.3 is 9.72 Å². The molecule has 0 aliphatic rings. The summed E-state index contributed by atoms with van der Waals surface area (Å²) >= 11 is 0. The van der Waals surface area contributed by atoms with Crippen molar-refractivity contribution in [2.24, 2.45) is 0 Å². The van der Waals surface area contributed by atoms with Gasteiger partial charge in [-0.1, -0.05) is 18.2 Å². The third-order valence-corrected chi connectivity index (χ3v) is 5.03. The summed E-state index contributed by atoms with van der Waals surface area (Å²) in [6, 6.07) is 13.4. The highest BCUT2D eigenvalue weighted by Crippen LogP contribution is 2.20. The van der Waals surface area contributed by atoms with Gasteiger partial charge in [-0.05, 0) is 55.7 Å². The first-order valence-corrected chi connectivity index (χ1v) is 9.37. The van der Waals surface area contributed by atoms with Gasteiger partial charge in [0.1, 0.15) is 5.52 Å². The lowest BCUT2D eigenvalue weighted by Gasteiger charge is -2.13. The lowest BCUT2D eigenvalue weighted by molar-refractivity contribution is -0.116. The number of aromatic nitrogens is 3. The summed E-state index contributed by atoms with van der Waals surface area (Å²) < 4.78 is 3.52. The highest BCUT2D eigenvalue weighted by Gasteiger charge is 2.12. The number of rotatable bonds is 5. The lowest BCUT2D eigenvalue weighted by atomic mass is 10.1. The van der Waals surface area contributed by atoms with Crippen molar-refractivity contribution in [2.45, 2.75) is 33.2 Å². The molecule has 28 heavy (non-hydrogen) atoms. The molecule has 0 saturated heterocycles. The lowest BCUT2D eigenvalue weighted by Crippen LogP contribution is -2.24. The Balaban J connectivity index is 1.54. The number of benzene rings is 1. The number of nitrogens with zero attached hydrogens (tertiary/aromatic N) is 3. The molecule has 0 aliphatic carbocycles. The monoisotopic (exact) mass is 374 g/mol. The van der Waals surface area contributed by atoms with Gasteiger partial charge in [0, 0.05) is 31.0 Å². The maximum absolute atomic E-state index is 12.9.